The van der Waals surface area contributed by atoms with E-state index in [2.05, 4.69) is 52.4 Å². The molecule has 0 spiro atoms. The van der Waals surface area contributed by atoms with Crippen LogP contribution >= 0.6 is 24.0 Å². The second-order valence-electron chi connectivity index (χ2n) is 4.61. The third-order valence-electron chi connectivity index (χ3n) is 3.47. The van der Waals surface area contributed by atoms with Gasteiger partial charge in [0.05, 0.1) is 0 Å². The van der Waals surface area contributed by atoms with Gasteiger partial charge in [0, 0.05) is 19.3 Å². The SMILES string of the molecule is CCN(C1=CC(NC)N(C)C(C)=N1)c1ccccc1.I. The van der Waals surface area contributed by atoms with Gasteiger partial charge in [0.25, 0.3) is 0 Å². The van der Waals surface area contributed by atoms with Crippen LogP contribution < -0.4 is 10.2 Å². The zero-order valence-electron chi connectivity index (χ0n) is 12.5. The summed E-state index contributed by atoms with van der Waals surface area (Å²) >= 11 is 0. The topological polar surface area (TPSA) is 30.9 Å². The number of likely N-dealkylation sites (N-methyl/N-ethyl adjacent to an activating group) is 2. The largest absolute Gasteiger partial charge is 0.344 e. The molecule has 5 heteroatoms. The second kappa shape index (κ2) is 7.64. The van der Waals surface area contributed by atoms with Crippen molar-refractivity contribution in [1.29, 1.82) is 0 Å². The smallest absolute Gasteiger partial charge is 0.134 e. The molecule has 1 aliphatic heterocycles. The highest BCUT2D eigenvalue weighted by molar-refractivity contribution is 14.0. The molecule has 0 radical (unpaired) electrons. The van der Waals surface area contributed by atoms with Crippen LogP contribution in [-0.4, -0.2) is 37.5 Å². The van der Waals surface area contributed by atoms with E-state index in [4.69, 9.17) is 4.99 Å². The molecule has 0 saturated carbocycles. The minimum absolute atomic E-state index is 0. The van der Waals surface area contributed by atoms with Gasteiger partial charge in [-0.3, -0.25) is 5.32 Å². The third kappa shape index (κ3) is 3.52. The molecule has 0 bridgehead atoms. The van der Waals surface area contributed by atoms with Crippen molar-refractivity contribution < 1.29 is 0 Å². The maximum absolute atomic E-state index is 4.70. The predicted molar refractivity (Wildman–Crippen MR) is 96.7 cm³/mol. The van der Waals surface area contributed by atoms with Gasteiger partial charge in [-0.05, 0) is 39.1 Å². The molecule has 1 aliphatic rings. The van der Waals surface area contributed by atoms with Gasteiger partial charge in [0.1, 0.15) is 17.8 Å². The molecule has 0 aromatic heterocycles. The van der Waals surface area contributed by atoms with Gasteiger partial charge in [0.15, 0.2) is 0 Å². The summed E-state index contributed by atoms with van der Waals surface area (Å²) in [6, 6.07) is 10.4. The number of rotatable bonds is 4. The summed E-state index contributed by atoms with van der Waals surface area (Å²) in [6.07, 6.45) is 2.34. The van der Waals surface area contributed by atoms with Crippen LogP contribution in [0.25, 0.3) is 0 Å². The average molecular weight is 386 g/mol. The Kier molecular flexibility index (Phi) is 6.48. The first-order chi connectivity index (χ1) is 9.17. The number of benzene rings is 1. The fourth-order valence-corrected chi connectivity index (χ4v) is 2.25. The molecule has 1 N–H and O–H groups in total. The number of anilines is 1. The first-order valence-corrected chi connectivity index (χ1v) is 6.67. The Balaban J connectivity index is 0.00000200. The molecule has 0 aliphatic carbocycles. The molecule has 0 saturated heterocycles. The van der Waals surface area contributed by atoms with Gasteiger partial charge in [-0.2, -0.15) is 0 Å². The van der Waals surface area contributed by atoms with Crippen LogP contribution in [0.3, 0.4) is 0 Å². The molecule has 20 heavy (non-hydrogen) atoms. The van der Waals surface area contributed by atoms with Crippen LogP contribution in [-0.2, 0) is 0 Å². The Morgan fingerprint density at radius 3 is 2.50 bits per heavy atom. The molecule has 1 aromatic carbocycles. The van der Waals surface area contributed by atoms with E-state index in [1.54, 1.807) is 0 Å². The van der Waals surface area contributed by atoms with Crippen LogP contribution in [0, 0.1) is 0 Å². The molecule has 1 atom stereocenters. The predicted octanol–water partition coefficient (Wildman–Crippen LogP) is 2.88. The van der Waals surface area contributed by atoms with E-state index in [0.717, 1.165) is 18.2 Å². The number of hydrogen-bond donors (Lipinski definition) is 1. The summed E-state index contributed by atoms with van der Waals surface area (Å²) < 4.78 is 0. The van der Waals surface area contributed by atoms with Crippen molar-refractivity contribution in [3.63, 3.8) is 0 Å². The van der Waals surface area contributed by atoms with Crippen molar-refractivity contribution in [3.8, 4) is 0 Å². The maximum Gasteiger partial charge on any atom is 0.134 e. The molecule has 1 unspecified atom stereocenters. The molecule has 110 valence electrons. The number of amidine groups is 1. The Morgan fingerprint density at radius 1 is 1.30 bits per heavy atom. The van der Waals surface area contributed by atoms with Crippen molar-refractivity contribution >= 4 is 35.5 Å². The summed E-state index contributed by atoms with van der Waals surface area (Å²) in [5, 5.41) is 3.29. The molecular weight excluding hydrogens is 363 g/mol. The van der Waals surface area contributed by atoms with Crippen LogP contribution in [0.4, 0.5) is 5.69 Å². The molecule has 2 rings (SSSR count). The Morgan fingerprint density at radius 2 is 1.95 bits per heavy atom. The van der Waals surface area contributed by atoms with E-state index in [-0.39, 0.29) is 30.1 Å². The van der Waals surface area contributed by atoms with Crippen LogP contribution in [0.5, 0.6) is 0 Å². The van der Waals surface area contributed by atoms with Crippen molar-refractivity contribution in [2.45, 2.75) is 20.0 Å². The Labute approximate surface area is 138 Å². The maximum atomic E-state index is 4.70. The Hall–Kier alpha value is -1.08. The van der Waals surface area contributed by atoms with Crippen molar-refractivity contribution in [2.75, 3.05) is 25.5 Å². The lowest BCUT2D eigenvalue weighted by atomic mass is 10.2. The van der Waals surface area contributed by atoms with E-state index in [1.165, 1.54) is 5.69 Å². The van der Waals surface area contributed by atoms with Gasteiger partial charge >= 0.3 is 0 Å². The molecular formula is C15H23IN4. The molecule has 0 amide bonds. The normalized spacial score (nSPS) is 18.0. The fraction of sp³-hybridized carbons (Fsp3) is 0.400. The monoisotopic (exact) mass is 386 g/mol. The van der Waals surface area contributed by atoms with Crippen molar-refractivity contribution in [2.24, 2.45) is 4.99 Å². The molecule has 1 heterocycles. The van der Waals surface area contributed by atoms with E-state index in [0.29, 0.717) is 0 Å². The van der Waals surface area contributed by atoms with Gasteiger partial charge in [-0.15, -0.1) is 24.0 Å². The van der Waals surface area contributed by atoms with Crippen LogP contribution in [0.2, 0.25) is 0 Å². The summed E-state index contributed by atoms with van der Waals surface area (Å²) in [5.41, 5.74) is 1.17. The van der Waals surface area contributed by atoms with Gasteiger partial charge in [0.2, 0.25) is 0 Å². The lowest BCUT2D eigenvalue weighted by Crippen LogP contribution is -2.46. The highest BCUT2D eigenvalue weighted by Crippen LogP contribution is 2.22. The van der Waals surface area contributed by atoms with E-state index >= 15 is 0 Å². The lowest BCUT2D eigenvalue weighted by Gasteiger charge is -2.34. The zero-order valence-corrected chi connectivity index (χ0v) is 14.8. The summed E-state index contributed by atoms with van der Waals surface area (Å²) in [7, 11) is 4.01. The van der Waals surface area contributed by atoms with Gasteiger partial charge in [-0.25, -0.2) is 4.99 Å². The molecule has 0 fully saturated rings. The van der Waals surface area contributed by atoms with Gasteiger partial charge < -0.3 is 9.80 Å². The van der Waals surface area contributed by atoms with E-state index in [1.807, 2.05) is 27.1 Å². The number of hydrogen-bond acceptors (Lipinski definition) is 4. The first-order valence-electron chi connectivity index (χ1n) is 6.67. The second-order valence-corrected chi connectivity index (χ2v) is 4.61. The number of halogens is 1. The Bertz CT molecular complexity index is 484. The molecule has 4 nitrogen and oxygen atoms in total. The quantitative estimate of drug-likeness (QED) is 0.808. The van der Waals surface area contributed by atoms with Crippen LogP contribution in [0.1, 0.15) is 13.8 Å². The lowest BCUT2D eigenvalue weighted by molar-refractivity contribution is 0.371. The number of aliphatic imine (C=N–C) groups is 1. The average Bonchev–Trinajstić information content (AvgIpc) is 2.44. The summed E-state index contributed by atoms with van der Waals surface area (Å²) in [6.45, 7) is 5.08. The molecule has 1 aromatic rings. The van der Waals surface area contributed by atoms with Crippen molar-refractivity contribution in [1.82, 2.24) is 10.2 Å². The highest BCUT2D eigenvalue weighted by Gasteiger charge is 2.21. The minimum atomic E-state index is 0. The zero-order chi connectivity index (χ0) is 13.8. The first kappa shape index (κ1) is 17.0. The summed E-state index contributed by atoms with van der Waals surface area (Å²) in [5.74, 6) is 2.02. The standard InChI is InChI=1S/C15H22N4.HI/c1-5-19(13-9-7-6-8-10-13)15-11-14(16-3)18(4)12(2)17-15;/h6-11,14,16H,5H2,1-4H3;1H. The minimum Gasteiger partial charge on any atom is -0.344 e. The highest BCUT2D eigenvalue weighted by atomic mass is 127. The van der Waals surface area contributed by atoms with E-state index in [9.17, 15) is 0 Å². The van der Waals surface area contributed by atoms with Crippen molar-refractivity contribution in [3.05, 3.63) is 42.2 Å². The fourth-order valence-electron chi connectivity index (χ4n) is 2.25. The van der Waals surface area contributed by atoms with Crippen LogP contribution in [0.15, 0.2) is 47.2 Å². The number of para-hydroxylation sites is 1. The number of nitrogens with one attached hydrogen (secondary N) is 1. The third-order valence-corrected chi connectivity index (χ3v) is 3.47. The van der Waals surface area contributed by atoms with Gasteiger partial charge in [-0.1, -0.05) is 18.2 Å². The van der Waals surface area contributed by atoms with E-state index < -0.39 is 0 Å². The number of nitrogens with zero attached hydrogens (tertiary/aromatic N) is 3. The summed E-state index contributed by atoms with van der Waals surface area (Å²) in [4.78, 5) is 9.05.